The molecule has 10 heteroatoms. The number of nitrogens with zero attached hydrogens (tertiary/aromatic N) is 1. The number of aromatic nitrogens is 1. The van der Waals surface area contributed by atoms with Gasteiger partial charge in [0.05, 0.1) is 18.7 Å². The maximum Gasteiger partial charge on any atom is 0.450 e. The van der Waals surface area contributed by atoms with Crippen LogP contribution in [0.1, 0.15) is 19.8 Å². The number of nitrogens with one attached hydrogen (secondary N) is 1. The van der Waals surface area contributed by atoms with Crippen molar-refractivity contribution in [3.05, 3.63) is 42.3 Å². The summed E-state index contributed by atoms with van der Waals surface area (Å²) < 4.78 is 61.5. The summed E-state index contributed by atoms with van der Waals surface area (Å²) in [5, 5.41) is 1.93. The molecule has 1 amide bonds. The van der Waals surface area contributed by atoms with Crippen LogP contribution in [0.15, 0.2) is 36.5 Å². The minimum atomic E-state index is -5.14. The van der Waals surface area contributed by atoms with Gasteiger partial charge in [0.15, 0.2) is 5.75 Å². The van der Waals surface area contributed by atoms with Crippen molar-refractivity contribution < 1.29 is 36.6 Å². The minimum absolute atomic E-state index is 0.0770. The van der Waals surface area contributed by atoms with Crippen LogP contribution >= 0.6 is 0 Å². The lowest BCUT2D eigenvalue weighted by molar-refractivity contribution is -0.171. The first-order valence-corrected chi connectivity index (χ1v) is 8.15. The molecule has 1 heterocycles. The molecule has 0 saturated heterocycles. The third-order valence-corrected chi connectivity index (χ3v) is 3.26. The Labute approximate surface area is 157 Å². The molecule has 0 aliphatic rings. The first-order chi connectivity index (χ1) is 13.2. The Hall–Kier alpha value is -3.17. The largest absolute Gasteiger partial charge is 0.475 e. The van der Waals surface area contributed by atoms with E-state index in [1.807, 2.05) is 12.2 Å². The van der Waals surface area contributed by atoms with Crippen LogP contribution < -0.4 is 14.8 Å². The van der Waals surface area contributed by atoms with E-state index in [1.165, 1.54) is 12.3 Å². The SMILES string of the molecule is CCCOc1ncccc1Oc1ccc(F)c(NC(=O)CC(=O)C(F)(F)F)c1. The zero-order valence-corrected chi connectivity index (χ0v) is 14.7. The summed E-state index contributed by atoms with van der Waals surface area (Å²) in [7, 11) is 0. The van der Waals surface area contributed by atoms with E-state index in [0.717, 1.165) is 18.6 Å². The topological polar surface area (TPSA) is 77.5 Å². The van der Waals surface area contributed by atoms with E-state index in [0.29, 0.717) is 6.61 Å². The molecule has 0 radical (unpaired) electrons. The van der Waals surface area contributed by atoms with E-state index in [4.69, 9.17) is 9.47 Å². The molecule has 1 N–H and O–H groups in total. The second-order valence-electron chi connectivity index (χ2n) is 5.54. The number of benzene rings is 1. The van der Waals surface area contributed by atoms with E-state index >= 15 is 0 Å². The summed E-state index contributed by atoms with van der Waals surface area (Å²) in [6.07, 6.45) is -4.37. The molecule has 0 aliphatic heterocycles. The van der Waals surface area contributed by atoms with Crippen molar-refractivity contribution in [1.29, 1.82) is 0 Å². The fourth-order valence-electron chi connectivity index (χ4n) is 1.99. The summed E-state index contributed by atoms with van der Waals surface area (Å²) in [5.74, 6) is -3.93. The fraction of sp³-hybridized carbons (Fsp3) is 0.278. The second-order valence-corrected chi connectivity index (χ2v) is 5.54. The summed E-state index contributed by atoms with van der Waals surface area (Å²) in [4.78, 5) is 26.5. The molecule has 0 bridgehead atoms. The molecule has 0 fully saturated rings. The highest BCUT2D eigenvalue weighted by Gasteiger charge is 2.39. The molecule has 6 nitrogen and oxygen atoms in total. The monoisotopic (exact) mass is 400 g/mol. The molecule has 0 saturated carbocycles. The number of Topliss-reactive ketones (excluding diaryl/α,β-unsaturated/α-hetero) is 1. The lowest BCUT2D eigenvalue weighted by Crippen LogP contribution is -2.28. The predicted molar refractivity (Wildman–Crippen MR) is 90.8 cm³/mol. The number of alkyl halides is 3. The average Bonchev–Trinajstić information content (AvgIpc) is 2.63. The highest BCUT2D eigenvalue weighted by molar-refractivity contribution is 6.06. The molecule has 150 valence electrons. The number of carbonyl (C=O) groups is 2. The average molecular weight is 400 g/mol. The van der Waals surface area contributed by atoms with Gasteiger partial charge in [0.1, 0.15) is 11.6 Å². The quantitative estimate of drug-likeness (QED) is 0.529. The number of amides is 1. The summed E-state index contributed by atoms with van der Waals surface area (Å²) in [6, 6.07) is 6.43. The van der Waals surface area contributed by atoms with Gasteiger partial charge in [0.25, 0.3) is 5.88 Å². The van der Waals surface area contributed by atoms with E-state index in [9.17, 15) is 27.2 Å². The van der Waals surface area contributed by atoms with Gasteiger partial charge in [-0.2, -0.15) is 13.2 Å². The van der Waals surface area contributed by atoms with Crippen molar-refractivity contribution in [2.24, 2.45) is 0 Å². The Bertz CT molecular complexity index is 856. The van der Waals surface area contributed by atoms with Gasteiger partial charge < -0.3 is 14.8 Å². The van der Waals surface area contributed by atoms with Gasteiger partial charge in [-0.05, 0) is 30.7 Å². The summed E-state index contributed by atoms with van der Waals surface area (Å²) >= 11 is 0. The Morgan fingerprint density at radius 2 is 1.96 bits per heavy atom. The van der Waals surface area contributed by atoms with E-state index in [-0.39, 0.29) is 17.4 Å². The molecule has 1 aromatic carbocycles. The van der Waals surface area contributed by atoms with E-state index in [2.05, 4.69) is 4.98 Å². The third kappa shape index (κ3) is 5.93. The fourth-order valence-corrected chi connectivity index (χ4v) is 1.99. The summed E-state index contributed by atoms with van der Waals surface area (Å²) in [5.41, 5.74) is -0.433. The molecule has 0 aliphatic carbocycles. The molecular weight excluding hydrogens is 384 g/mol. The zero-order valence-electron chi connectivity index (χ0n) is 14.7. The molecule has 2 rings (SSSR count). The Kier molecular flexibility index (Phi) is 6.91. The first kappa shape index (κ1) is 21.1. The number of carbonyl (C=O) groups excluding carboxylic acids is 2. The molecule has 2 aromatic rings. The van der Waals surface area contributed by atoms with Crippen LogP contribution in [0.2, 0.25) is 0 Å². The van der Waals surface area contributed by atoms with E-state index < -0.39 is 35.8 Å². The molecule has 0 atom stereocenters. The van der Waals surface area contributed by atoms with Crippen molar-refractivity contribution in [1.82, 2.24) is 4.98 Å². The van der Waals surface area contributed by atoms with Gasteiger partial charge in [-0.1, -0.05) is 6.92 Å². The number of rotatable bonds is 8. The lowest BCUT2D eigenvalue weighted by Gasteiger charge is -2.12. The van der Waals surface area contributed by atoms with Crippen LogP contribution in [0, 0.1) is 5.82 Å². The van der Waals surface area contributed by atoms with Crippen molar-refractivity contribution in [2.75, 3.05) is 11.9 Å². The third-order valence-electron chi connectivity index (χ3n) is 3.26. The number of hydrogen-bond acceptors (Lipinski definition) is 5. The van der Waals surface area contributed by atoms with Crippen molar-refractivity contribution in [3.8, 4) is 17.4 Å². The number of anilines is 1. The van der Waals surface area contributed by atoms with Crippen LogP contribution in [-0.2, 0) is 9.59 Å². The Morgan fingerprint density at radius 1 is 1.21 bits per heavy atom. The summed E-state index contributed by atoms with van der Waals surface area (Å²) in [6.45, 7) is 2.30. The smallest absolute Gasteiger partial charge is 0.450 e. The highest BCUT2D eigenvalue weighted by atomic mass is 19.4. The Balaban J connectivity index is 2.13. The van der Waals surface area contributed by atoms with Crippen molar-refractivity contribution >= 4 is 17.4 Å². The molecule has 28 heavy (non-hydrogen) atoms. The van der Waals surface area contributed by atoms with Crippen molar-refractivity contribution in [2.45, 2.75) is 25.9 Å². The Morgan fingerprint density at radius 3 is 2.64 bits per heavy atom. The minimum Gasteiger partial charge on any atom is -0.475 e. The molecular formula is C18H16F4N2O4. The molecule has 0 spiro atoms. The van der Waals surface area contributed by atoms with E-state index in [1.54, 1.807) is 12.1 Å². The van der Waals surface area contributed by atoms with Crippen molar-refractivity contribution in [3.63, 3.8) is 0 Å². The zero-order chi connectivity index (χ0) is 20.7. The van der Waals surface area contributed by atoms with Gasteiger partial charge in [-0.3, -0.25) is 9.59 Å². The maximum atomic E-state index is 13.9. The van der Waals surface area contributed by atoms with Gasteiger partial charge in [0, 0.05) is 12.3 Å². The second kappa shape index (κ2) is 9.16. The van der Waals surface area contributed by atoms with Gasteiger partial charge >= 0.3 is 6.18 Å². The van der Waals surface area contributed by atoms with Crippen LogP contribution in [0.5, 0.6) is 17.4 Å². The number of pyridine rings is 1. The maximum absolute atomic E-state index is 13.9. The molecule has 0 unspecified atom stereocenters. The van der Waals surface area contributed by atoms with Crippen LogP contribution in [0.4, 0.5) is 23.2 Å². The van der Waals surface area contributed by atoms with Gasteiger partial charge in [0.2, 0.25) is 11.7 Å². The van der Waals surface area contributed by atoms with Crippen LogP contribution in [0.3, 0.4) is 0 Å². The first-order valence-electron chi connectivity index (χ1n) is 8.15. The number of ether oxygens (including phenoxy) is 2. The molecule has 1 aromatic heterocycles. The standard InChI is InChI=1S/C18H16F4N2O4/c1-2-8-27-17-14(4-3-7-23-17)28-11-5-6-12(19)13(9-11)24-16(26)10-15(25)18(20,21)22/h3-7,9H,2,8,10H2,1H3,(H,24,26). The normalized spacial score (nSPS) is 11.0. The number of hydrogen-bond donors (Lipinski definition) is 1. The van der Waals surface area contributed by atoms with Gasteiger partial charge in [-0.25, -0.2) is 9.37 Å². The predicted octanol–water partition coefficient (Wildman–Crippen LogP) is 4.26. The lowest BCUT2D eigenvalue weighted by atomic mass is 10.2. The van der Waals surface area contributed by atoms with Crippen LogP contribution in [-0.4, -0.2) is 29.5 Å². The highest BCUT2D eigenvalue weighted by Crippen LogP contribution is 2.31. The van der Waals surface area contributed by atoms with Gasteiger partial charge in [-0.15, -0.1) is 0 Å². The number of ketones is 1. The number of halogens is 4. The van der Waals surface area contributed by atoms with Crippen LogP contribution in [0.25, 0.3) is 0 Å².